The summed E-state index contributed by atoms with van der Waals surface area (Å²) in [6.45, 7) is 0. The van der Waals surface area contributed by atoms with Crippen LogP contribution in [0, 0.1) is 0 Å². The Labute approximate surface area is 174 Å². The van der Waals surface area contributed by atoms with E-state index in [1.54, 1.807) is 0 Å². The second-order valence-electron chi connectivity index (χ2n) is 7.49. The maximum atomic E-state index is 11.9. The fourth-order valence-electron chi connectivity index (χ4n) is 4.57. The minimum atomic E-state index is 0.694. The molecule has 0 aliphatic carbocycles. The molecule has 30 heavy (non-hydrogen) atoms. The molecule has 2 aromatic heterocycles. The number of para-hydroxylation sites is 2. The van der Waals surface area contributed by atoms with Crippen LogP contribution < -0.4 is 0 Å². The molecule has 0 aliphatic heterocycles. The smallest absolute Gasteiger partial charge is 0.152 e. The molecule has 0 saturated carbocycles. The van der Waals surface area contributed by atoms with Crippen molar-refractivity contribution in [2.75, 3.05) is 0 Å². The Morgan fingerprint density at radius 3 is 1.30 bits per heavy atom. The Hall–Kier alpha value is -3.92. The zero-order chi connectivity index (χ0) is 20.8. The summed E-state index contributed by atoms with van der Waals surface area (Å²) in [5, 5.41) is 1.90. The summed E-state index contributed by atoms with van der Waals surface area (Å²) in [6.07, 6.45) is 1.86. The van der Waals surface area contributed by atoms with Crippen LogP contribution in [0.15, 0.2) is 72.8 Å². The van der Waals surface area contributed by atoms with E-state index in [2.05, 4.69) is 9.13 Å². The highest BCUT2D eigenvalue weighted by Crippen LogP contribution is 2.35. The number of hydrogen-bond acceptors (Lipinski definition) is 2. The Morgan fingerprint density at radius 1 is 0.567 bits per heavy atom. The third-order valence-electron chi connectivity index (χ3n) is 5.96. The lowest BCUT2D eigenvalue weighted by Crippen LogP contribution is -1.96. The number of carbonyl (C=O) groups excluding carboxylic acids is 2. The van der Waals surface area contributed by atoms with Crippen molar-refractivity contribution in [3.63, 3.8) is 0 Å². The Morgan fingerprint density at radius 2 is 0.933 bits per heavy atom. The van der Waals surface area contributed by atoms with Gasteiger partial charge in [0.05, 0.1) is 11.4 Å². The highest BCUT2D eigenvalue weighted by molar-refractivity contribution is 6.06. The van der Waals surface area contributed by atoms with Crippen molar-refractivity contribution in [2.45, 2.75) is 0 Å². The van der Waals surface area contributed by atoms with Gasteiger partial charge in [0.25, 0.3) is 0 Å². The third-order valence-corrected chi connectivity index (χ3v) is 5.96. The molecule has 0 saturated heterocycles. The number of carbonyl (C=O) groups is 2. The summed E-state index contributed by atoms with van der Waals surface area (Å²) < 4.78 is 4.11. The Balaban J connectivity index is 1.69. The predicted molar refractivity (Wildman–Crippen MR) is 121 cm³/mol. The first-order chi connectivity index (χ1) is 14.7. The van der Waals surface area contributed by atoms with Gasteiger partial charge in [0, 0.05) is 47.0 Å². The molecule has 0 fully saturated rings. The molecule has 3 aromatic carbocycles. The second-order valence-corrected chi connectivity index (χ2v) is 7.49. The number of hydrogen-bond donors (Lipinski definition) is 0. The molecule has 0 atom stereocenters. The van der Waals surface area contributed by atoms with E-state index in [4.69, 9.17) is 0 Å². The van der Waals surface area contributed by atoms with Gasteiger partial charge in [-0.25, -0.2) is 0 Å². The van der Waals surface area contributed by atoms with Crippen LogP contribution in [0.3, 0.4) is 0 Å². The fourth-order valence-corrected chi connectivity index (χ4v) is 4.57. The lowest BCUT2D eigenvalue weighted by Gasteiger charge is -2.09. The van der Waals surface area contributed by atoms with E-state index >= 15 is 0 Å². The van der Waals surface area contributed by atoms with Crippen molar-refractivity contribution < 1.29 is 9.59 Å². The molecular formula is C26H20N2O2. The van der Waals surface area contributed by atoms with Crippen LogP contribution >= 0.6 is 0 Å². The molecule has 0 N–H and O–H groups in total. The van der Waals surface area contributed by atoms with Crippen LogP contribution in [-0.2, 0) is 14.1 Å². The first kappa shape index (κ1) is 18.1. The highest BCUT2D eigenvalue weighted by Gasteiger charge is 2.18. The number of rotatable bonds is 4. The topological polar surface area (TPSA) is 44.0 Å². The first-order valence-corrected chi connectivity index (χ1v) is 9.81. The summed E-state index contributed by atoms with van der Waals surface area (Å²) in [5.41, 5.74) is 7.15. The van der Waals surface area contributed by atoms with E-state index in [0.717, 1.165) is 56.9 Å². The van der Waals surface area contributed by atoms with E-state index in [1.807, 2.05) is 86.9 Å². The zero-order valence-electron chi connectivity index (χ0n) is 16.8. The van der Waals surface area contributed by atoms with Crippen molar-refractivity contribution in [1.82, 2.24) is 9.13 Å². The molecule has 0 spiro atoms. The van der Waals surface area contributed by atoms with Gasteiger partial charge in [-0.1, -0.05) is 60.7 Å². The first-order valence-electron chi connectivity index (χ1n) is 9.81. The van der Waals surface area contributed by atoms with Crippen LogP contribution in [0.5, 0.6) is 0 Å². The largest absolute Gasteiger partial charge is 0.343 e. The summed E-state index contributed by atoms with van der Waals surface area (Å²) >= 11 is 0. The van der Waals surface area contributed by atoms with Crippen LogP contribution in [-0.4, -0.2) is 21.7 Å². The molecular weight excluding hydrogens is 372 g/mol. The van der Waals surface area contributed by atoms with Gasteiger partial charge in [-0.3, -0.25) is 9.59 Å². The molecule has 0 radical (unpaired) electrons. The van der Waals surface area contributed by atoms with Gasteiger partial charge in [0.1, 0.15) is 0 Å². The molecule has 4 heteroatoms. The summed E-state index contributed by atoms with van der Waals surface area (Å²) in [7, 11) is 3.96. The van der Waals surface area contributed by atoms with Crippen molar-refractivity contribution in [3.8, 4) is 22.5 Å². The van der Waals surface area contributed by atoms with E-state index in [0.29, 0.717) is 11.1 Å². The van der Waals surface area contributed by atoms with Crippen molar-refractivity contribution >= 4 is 34.4 Å². The summed E-state index contributed by atoms with van der Waals surface area (Å²) in [6, 6.07) is 23.9. The summed E-state index contributed by atoms with van der Waals surface area (Å²) in [5.74, 6) is 0. The lowest BCUT2D eigenvalue weighted by molar-refractivity contribution is 0.111. The molecule has 5 aromatic rings. The van der Waals surface area contributed by atoms with E-state index in [1.165, 1.54) is 0 Å². The number of benzene rings is 3. The zero-order valence-corrected chi connectivity index (χ0v) is 16.8. The van der Waals surface area contributed by atoms with E-state index < -0.39 is 0 Å². The predicted octanol–water partition coefficient (Wildman–Crippen LogP) is 5.63. The molecule has 2 heterocycles. The Kier molecular flexibility index (Phi) is 4.14. The van der Waals surface area contributed by atoms with Crippen LogP contribution in [0.25, 0.3) is 44.3 Å². The van der Waals surface area contributed by atoms with Gasteiger partial charge < -0.3 is 9.13 Å². The third kappa shape index (κ3) is 2.47. The van der Waals surface area contributed by atoms with Gasteiger partial charge in [-0.2, -0.15) is 0 Å². The minimum Gasteiger partial charge on any atom is -0.343 e. The molecule has 4 nitrogen and oxygen atoms in total. The van der Waals surface area contributed by atoms with Gasteiger partial charge in [-0.05, 0) is 23.3 Å². The molecule has 5 rings (SSSR count). The maximum absolute atomic E-state index is 11.9. The van der Waals surface area contributed by atoms with Crippen LogP contribution in [0.1, 0.15) is 20.7 Å². The number of fused-ring (bicyclic) bond motifs is 2. The average Bonchev–Trinajstić information content (AvgIpc) is 3.25. The van der Waals surface area contributed by atoms with Crippen LogP contribution in [0.2, 0.25) is 0 Å². The van der Waals surface area contributed by atoms with Gasteiger partial charge in [0.15, 0.2) is 12.6 Å². The maximum Gasteiger partial charge on any atom is 0.152 e. The highest BCUT2D eigenvalue weighted by atomic mass is 16.1. The normalized spacial score (nSPS) is 11.3. The molecule has 146 valence electrons. The second kappa shape index (κ2) is 6.85. The van der Waals surface area contributed by atoms with Gasteiger partial charge in [-0.15, -0.1) is 0 Å². The number of nitrogens with zero attached hydrogens (tertiary/aromatic N) is 2. The molecule has 0 amide bonds. The molecule has 0 bridgehead atoms. The minimum absolute atomic E-state index is 0.694. The van der Waals surface area contributed by atoms with E-state index in [9.17, 15) is 9.59 Å². The van der Waals surface area contributed by atoms with Crippen molar-refractivity contribution in [3.05, 3.63) is 83.9 Å². The van der Waals surface area contributed by atoms with Crippen molar-refractivity contribution in [1.29, 1.82) is 0 Å². The van der Waals surface area contributed by atoms with Gasteiger partial charge in [0.2, 0.25) is 0 Å². The van der Waals surface area contributed by atoms with E-state index in [-0.39, 0.29) is 0 Å². The monoisotopic (exact) mass is 392 g/mol. The molecule has 0 aliphatic rings. The number of aldehydes is 2. The van der Waals surface area contributed by atoms with Crippen LogP contribution in [0.4, 0.5) is 0 Å². The quantitative estimate of drug-likeness (QED) is 0.372. The molecule has 0 unspecified atom stereocenters. The number of aromatic nitrogens is 2. The van der Waals surface area contributed by atoms with Crippen molar-refractivity contribution in [2.24, 2.45) is 14.1 Å². The fraction of sp³-hybridized carbons (Fsp3) is 0.0769. The van der Waals surface area contributed by atoms with Gasteiger partial charge >= 0.3 is 0 Å². The Bertz CT molecular complexity index is 1320. The SMILES string of the molecule is Cn1c(-c2ccc(-c3c(C=O)c4ccccc4n3C)cc2)c(C=O)c2ccccc21. The number of aryl methyl sites for hydroxylation is 2. The average molecular weight is 392 g/mol. The lowest BCUT2D eigenvalue weighted by atomic mass is 10.0. The summed E-state index contributed by atoms with van der Waals surface area (Å²) in [4.78, 5) is 23.8. The standard InChI is InChI=1S/C26H20N2O2/c1-27-23-9-5-3-7-19(23)21(15-29)25(27)17-11-13-18(14-12-17)26-22(16-30)20-8-4-6-10-24(20)28(26)2/h3-16H,1-2H3.